The van der Waals surface area contributed by atoms with E-state index in [0.29, 0.717) is 0 Å². The molecule has 0 N–H and O–H groups in total. The van der Waals surface area contributed by atoms with Crippen LogP contribution in [0.4, 0.5) is 13.2 Å². The summed E-state index contributed by atoms with van der Waals surface area (Å²) in [5, 5.41) is 8.77. The van der Waals surface area contributed by atoms with Crippen LogP contribution in [-0.2, 0) is 6.18 Å². The minimum atomic E-state index is -4.28. The molecule has 1 aromatic carbocycles. The summed E-state index contributed by atoms with van der Waals surface area (Å²) in [6.45, 7) is 0. The Morgan fingerprint density at radius 2 is 1.75 bits per heavy atom. The van der Waals surface area contributed by atoms with Gasteiger partial charge in [-0.1, -0.05) is 12.1 Å². The van der Waals surface area contributed by atoms with Crippen LogP contribution in [0.3, 0.4) is 0 Å². The van der Waals surface area contributed by atoms with Crippen molar-refractivity contribution >= 4 is 0 Å². The Morgan fingerprint density at radius 1 is 1.12 bits per heavy atom. The first-order valence-corrected chi connectivity index (χ1v) is 5.09. The molecule has 84 valence electrons. The quantitative estimate of drug-likeness (QED) is 0.714. The highest BCUT2D eigenvalue weighted by Crippen LogP contribution is 2.42. The van der Waals surface area contributed by atoms with Crippen LogP contribution in [0.2, 0.25) is 0 Å². The lowest BCUT2D eigenvalue weighted by Crippen LogP contribution is -2.22. The highest BCUT2D eigenvalue weighted by molar-refractivity contribution is 5.30. The molecule has 1 fully saturated rings. The molecule has 1 nitrogen and oxygen atoms in total. The van der Waals surface area contributed by atoms with E-state index in [9.17, 15) is 13.2 Å². The van der Waals surface area contributed by atoms with E-state index in [-0.39, 0.29) is 11.8 Å². The Balaban J connectivity index is 2.18. The van der Waals surface area contributed by atoms with Crippen molar-refractivity contribution in [3.8, 4) is 6.07 Å². The van der Waals surface area contributed by atoms with Crippen molar-refractivity contribution in [3.63, 3.8) is 0 Å². The van der Waals surface area contributed by atoms with Gasteiger partial charge in [-0.3, -0.25) is 0 Å². The second kappa shape index (κ2) is 3.82. The van der Waals surface area contributed by atoms with Crippen LogP contribution >= 0.6 is 0 Å². The van der Waals surface area contributed by atoms with E-state index in [1.807, 2.05) is 0 Å². The van der Waals surface area contributed by atoms with Gasteiger partial charge in [0.2, 0.25) is 0 Å². The monoisotopic (exact) mass is 225 g/mol. The molecule has 2 rings (SSSR count). The standard InChI is InChI=1S/C12H10F3N/c13-12(14,15)10-4-1-8(2-5-10)11-6-3-9(11)7-16/h1-2,4-5,9,11H,3,6H2. The summed E-state index contributed by atoms with van der Waals surface area (Å²) in [6, 6.07) is 7.31. The summed E-state index contributed by atoms with van der Waals surface area (Å²) in [7, 11) is 0. The van der Waals surface area contributed by atoms with E-state index in [1.165, 1.54) is 12.1 Å². The molecule has 1 aliphatic carbocycles. The highest BCUT2D eigenvalue weighted by atomic mass is 19.4. The molecule has 0 heterocycles. The van der Waals surface area contributed by atoms with Gasteiger partial charge in [0.05, 0.1) is 17.6 Å². The van der Waals surface area contributed by atoms with Gasteiger partial charge in [-0.15, -0.1) is 0 Å². The number of hydrogen-bond acceptors (Lipinski definition) is 1. The predicted molar refractivity (Wildman–Crippen MR) is 52.5 cm³/mol. The summed E-state index contributed by atoms with van der Waals surface area (Å²) in [4.78, 5) is 0. The molecule has 0 radical (unpaired) electrons. The molecule has 1 aromatic rings. The summed E-state index contributed by atoms with van der Waals surface area (Å²) in [5.41, 5.74) is 0.204. The van der Waals surface area contributed by atoms with E-state index in [2.05, 4.69) is 6.07 Å². The average Bonchev–Trinajstić information content (AvgIpc) is 2.16. The van der Waals surface area contributed by atoms with E-state index < -0.39 is 11.7 Å². The number of rotatable bonds is 1. The lowest BCUT2D eigenvalue weighted by Gasteiger charge is -2.31. The summed E-state index contributed by atoms with van der Waals surface area (Å²) in [5.74, 6) is 0.0871. The van der Waals surface area contributed by atoms with Crippen LogP contribution in [0.15, 0.2) is 24.3 Å². The first-order valence-electron chi connectivity index (χ1n) is 5.09. The largest absolute Gasteiger partial charge is 0.416 e. The Labute approximate surface area is 91.5 Å². The van der Waals surface area contributed by atoms with Crippen molar-refractivity contribution in [2.45, 2.75) is 24.9 Å². The fourth-order valence-corrected chi connectivity index (χ4v) is 1.97. The van der Waals surface area contributed by atoms with Gasteiger partial charge >= 0.3 is 6.18 Å². The van der Waals surface area contributed by atoms with Crippen LogP contribution < -0.4 is 0 Å². The molecule has 0 aliphatic heterocycles. The van der Waals surface area contributed by atoms with Crippen molar-refractivity contribution in [1.29, 1.82) is 5.26 Å². The first kappa shape index (κ1) is 11.0. The minimum Gasteiger partial charge on any atom is -0.198 e. The molecule has 2 unspecified atom stereocenters. The number of nitrogens with zero attached hydrogens (tertiary/aromatic N) is 1. The molecule has 1 aliphatic rings. The maximum absolute atomic E-state index is 12.3. The number of hydrogen-bond donors (Lipinski definition) is 0. The molecule has 16 heavy (non-hydrogen) atoms. The van der Waals surface area contributed by atoms with Crippen molar-refractivity contribution in [2.24, 2.45) is 5.92 Å². The van der Waals surface area contributed by atoms with Gasteiger partial charge in [0.25, 0.3) is 0 Å². The van der Waals surface area contributed by atoms with E-state index in [0.717, 1.165) is 30.5 Å². The third-order valence-corrected chi connectivity index (χ3v) is 3.11. The van der Waals surface area contributed by atoms with E-state index in [1.54, 1.807) is 0 Å². The van der Waals surface area contributed by atoms with Crippen molar-refractivity contribution < 1.29 is 13.2 Å². The van der Waals surface area contributed by atoms with Gasteiger partial charge in [-0.2, -0.15) is 18.4 Å². The zero-order chi connectivity index (χ0) is 11.8. The molecule has 0 bridgehead atoms. The number of benzene rings is 1. The molecule has 0 aromatic heterocycles. The van der Waals surface area contributed by atoms with Crippen molar-refractivity contribution in [1.82, 2.24) is 0 Å². The molecule has 0 saturated heterocycles. The second-order valence-electron chi connectivity index (χ2n) is 4.04. The Hall–Kier alpha value is -1.50. The van der Waals surface area contributed by atoms with Crippen LogP contribution in [0, 0.1) is 17.2 Å². The van der Waals surface area contributed by atoms with Gasteiger partial charge < -0.3 is 0 Å². The normalized spacial score (nSPS) is 24.6. The maximum atomic E-state index is 12.3. The van der Waals surface area contributed by atoms with E-state index in [4.69, 9.17) is 5.26 Å². The van der Waals surface area contributed by atoms with Crippen LogP contribution in [0.25, 0.3) is 0 Å². The molecule has 0 amide bonds. The van der Waals surface area contributed by atoms with Gasteiger partial charge in [-0.05, 0) is 36.5 Å². The summed E-state index contributed by atoms with van der Waals surface area (Å²) >= 11 is 0. The fraction of sp³-hybridized carbons (Fsp3) is 0.417. The lowest BCUT2D eigenvalue weighted by molar-refractivity contribution is -0.137. The molecular weight excluding hydrogens is 215 g/mol. The van der Waals surface area contributed by atoms with Crippen LogP contribution in [0.1, 0.15) is 29.9 Å². The topological polar surface area (TPSA) is 23.8 Å². The first-order chi connectivity index (χ1) is 7.52. The Morgan fingerprint density at radius 3 is 2.12 bits per heavy atom. The van der Waals surface area contributed by atoms with E-state index >= 15 is 0 Å². The lowest BCUT2D eigenvalue weighted by atomic mass is 9.71. The molecule has 2 atom stereocenters. The summed E-state index contributed by atoms with van der Waals surface area (Å²) in [6.07, 6.45) is -2.54. The van der Waals surface area contributed by atoms with Crippen molar-refractivity contribution in [3.05, 3.63) is 35.4 Å². The Kier molecular flexibility index (Phi) is 2.63. The molecule has 1 saturated carbocycles. The van der Waals surface area contributed by atoms with Crippen LogP contribution in [0.5, 0.6) is 0 Å². The second-order valence-corrected chi connectivity index (χ2v) is 4.04. The Bertz CT molecular complexity index is 413. The van der Waals surface area contributed by atoms with Gasteiger partial charge in [0.15, 0.2) is 0 Å². The minimum absolute atomic E-state index is 0.0308. The third-order valence-electron chi connectivity index (χ3n) is 3.11. The zero-order valence-electron chi connectivity index (χ0n) is 8.46. The van der Waals surface area contributed by atoms with Gasteiger partial charge in [0, 0.05) is 0 Å². The SMILES string of the molecule is N#CC1CCC1c1ccc(C(F)(F)F)cc1. The average molecular weight is 225 g/mol. The smallest absolute Gasteiger partial charge is 0.198 e. The van der Waals surface area contributed by atoms with Crippen molar-refractivity contribution in [2.75, 3.05) is 0 Å². The predicted octanol–water partition coefficient (Wildman–Crippen LogP) is 3.72. The zero-order valence-corrected chi connectivity index (χ0v) is 8.46. The number of nitriles is 1. The van der Waals surface area contributed by atoms with Gasteiger partial charge in [-0.25, -0.2) is 0 Å². The number of halogens is 3. The fourth-order valence-electron chi connectivity index (χ4n) is 1.97. The highest BCUT2D eigenvalue weighted by Gasteiger charge is 2.34. The molecule has 4 heteroatoms. The molecule has 0 spiro atoms. The van der Waals surface area contributed by atoms with Crippen LogP contribution in [-0.4, -0.2) is 0 Å². The maximum Gasteiger partial charge on any atom is 0.416 e. The molecular formula is C12H10F3N. The third kappa shape index (κ3) is 1.90. The number of alkyl halides is 3. The van der Waals surface area contributed by atoms with Gasteiger partial charge in [0.1, 0.15) is 0 Å². The summed E-state index contributed by atoms with van der Waals surface area (Å²) < 4.78 is 36.9.